The van der Waals surface area contributed by atoms with Crippen molar-refractivity contribution in [2.45, 2.75) is 39.7 Å². The van der Waals surface area contributed by atoms with Crippen LogP contribution >= 0.6 is 0 Å². The van der Waals surface area contributed by atoms with Crippen LogP contribution in [0.5, 0.6) is 5.88 Å². The Morgan fingerprint density at radius 1 is 1.14 bits per heavy atom. The zero-order valence-electron chi connectivity index (χ0n) is 17.0. The molecule has 3 rings (SSSR count). The van der Waals surface area contributed by atoms with E-state index >= 15 is 0 Å². The van der Waals surface area contributed by atoms with Crippen LogP contribution in [0.15, 0.2) is 36.8 Å². The molecule has 148 valence electrons. The Hall–Kier alpha value is -2.80. The van der Waals surface area contributed by atoms with Crippen molar-refractivity contribution in [3.63, 3.8) is 0 Å². The molecule has 3 aromatic heterocycles. The van der Waals surface area contributed by atoms with Crippen molar-refractivity contribution in [1.82, 2.24) is 24.7 Å². The first kappa shape index (κ1) is 19.9. The Balaban J connectivity index is 1.84. The van der Waals surface area contributed by atoms with Crippen LogP contribution in [-0.2, 0) is 7.05 Å². The minimum atomic E-state index is -0.701. The van der Waals surface area contributed by atoms with Gasteiger partial charge in [0.25, 0.3) is 0 Å². The van der Waals surface area contributed by atoms with E-state index in [1.54, 1.807) is 17.8 Å². The molecule has 3 atom stereocenters. The van der Waals surface area contributed by atoms with E-state index in [1.807, 2.05) is 44.6 Å². The van der Waals surface area contributed by atoms with Gasteiger partial charge in [-0.05, 0) is 31.9 Å². The third kappa shape index (κ3) is 4.36. The minimum Gasteiger partial charge on any atom is -0.477 e. The lowest BCUT2D eigenvalue weighted by molar-refractivity contribution is 0.194. The Morgan fingerprint density at radius 2 is 1.93 bits per heavy atom. The lowest BCUT2D eigenvalue weighted by Crippen LogP contribution is -2.17. The lowest BCUT2D eigenvalue weighted by Gasteiger charge is -2.20. The number of hydrogen-bond donors (Lipinski definition) is 1. The summed E-state index contributed by atoms with van der Waals surface area (Å²) in [6.07, 6.45) is 4.69. The molecule has 3 heterocycles. The van der Waals surface area contributed by atoms with Crippen LogP contribution in [0.4, 0.5) is 0 Å². The van der Waals surface area contributed by atoms with Crippen molar-refractivity contribution in [2.24, 2.45) is 13.0 Å². The number of aliphatic hydroxyl groups is 1. The monoisotopic (exact) mass is 381 g/mol. The first-order valence-corrected chi connectivity index (χ1v) is 9.46. The van der Waals surface area contributed by atoms with E-state index in [-0.39, 0.29) is 11.8 Å². The summed E-state index contributed by atoms with van der Waals surface area (Å²) in [5, 5.41) is 14.4. The highest BCUT2D eigenvalue weighted by Crippen LogP contribution is 2.33. The number of aryl methyl sites for hydroxylation is 2. The molecular weight excluding hydrogens is 354 g/mol. The Bertz CT molecular complexity index is 924. The van der Waals surface area contributed by atoms with Crippen LogP contribution in [0.3, 0.4) is 0 Å². The predicted octanol–water partition coefficient (Wildman–Crippen LogP) is 3.45. The van der Waals surface area contributed by atoms with Gasteiger partial charge >= 0.3 is 0 Å². The Kier molecular flexibility index (Phi) is 6.04. The number of hydrogen-bond acceptors (Lipinski definition) is 6. The van der Waals surface area contributed by atoms with Crippen molar-refractivity contribution in [2.75, 3.05) is 6.61 Å². The quantitative estimate of drug-likeness (QED) is 0.675. The smallest absolute Gasteiger partial charge is 0.224 e. The first-order valence-electron chi connectivity index (χ1n) is 9.46. The van der Waals surface area contributed by atoms with E-state index in [9.17, 15) is 5.11 Å². The summed E-state index contributed by atoms with van der Waals surface area (Å²) in [5.74, 6) is 1.62. The van der Waals surface area contributed by atoms with Crippen LogP contribution in [0, 0.1) is 12.8 Å². The normalized spacial score (nSPS) is 14.5. The molecule has 0 aliphatic carbocycles. The van der Waals surface area contributed by atoms with Gasteiger partial charge < -0.3 is 9.84 Å². The fourth-order valence-electron chi connectivity index (χ4n) is 3.06. The number of aliphatic hydroxyl groups excluding tert-OH is 1. The molecular formula is C21H27N5O2. The summed E-state index contributed by atoms with van der Waals surface area (Å²) >= 11 is 0. The van der Waals surface area contributed by atoms with Gasteiger partial charge in [-0.1, -0.05) is 19.9 Å². The van der Waals surface area contributed by atoms with Gasteiger partial charge in [0, 0.05) is 42.8 Å². The molecule has 7 heteroatoms. The lowest BCUT2D eigenvalue weighted by atomic mass is 9.93. The van der Waals surface area contributed by atoms with E-state index in [4.69, 9.17) is 4.74 Å². The maximum absolute atomic E-state index is 10.1. The molecule has 3 aromatic rings. The maximum atomic E-state index is 10.1. The molecule has 1 N–H and O–H groups in total. The predicted molar refractivity (Wildman–Crippen MR) is 107 cm³/mol. The number of ether oxygens (including phenoxy) is 1. The molecule has 0 saturated heterocycles. The minimum absolute atomic E-state index is 0.239. The Labute approximate surface area is 165 Å². The number of rotatable bonds is 7. The molecule has 2 unspecified atom stereocenters. The van der Waals surface area contributed by atoms with E-state index in [2.05, 4.69) is 33.9 Å². The summed E-state index contributed by atoms with van der Waals surface area (Å²) in [6.45, 7) is 8.30. The van der Waals surface area contributed by atoms with Gasteiger partial charge in [0.2, 0.25) is 5.88 Å². The molecule has 0 spiro atoms. The maximum Gasteiger partial charge on any atom is 0.224 e. The van der Waals surface area contributed by atoms with E-state index < -0.39 is 6.10 Å². The Morgan fingerprint density at radius 3 is 2.61 bits per heavy atom. The molecule has 0 aromatic carbocycles. The molecule has 28 heavy (non-hydrogen) atoms. The zero-order valence-corrected chi connectivity index (χ0v) is 17.0. The molecule has 0 fully saturated rings. The third-order valence-electron chi connectivity index (χ3n) is 4.91. The van der Waals surface area contributed by atoms with Crippen LogP contribution in [0.25, 0.3) is 11.1 Å². The van der Waals surface area contributed by atoms with Crippen molar-refractivity contribution < 1.29 is 9.84 Å². The molecule has 0 aliphatic rings. The van der Waals surface area contributed by atoms with Gasteiger partial charge in [-0.3, -0.25) is 9.67 Å². The summed E-state index contributed by atoms with van der Waals surface area (Å²) in [7, 11) is 1.82. The van der Waals surface area contributed by atoms with Crippen molar-refractivity contribution in [3.8, 4) is 17.0 Å². The second kappa shape index (κ2) is 8.48. The molecule has 0 bridgehead atoms. The summed E-state index contributed by atoms with van der Waals surface area (Å²) in [5.41, 5.74) is 3.13. The van der Waals surface area contributed by atoms with Gasteiger partial charge in [0.15, 0.2) is 0 Å². The highest BCUT2D eigenvalue weighted by Gasteiger charge is 2.21. The van der Waals surface area contributed by atoms with Crippen LogP contribution in [0.1, 0.15) is 50.0 Å². The SMILES string of the molecule is Cc1ncc(-c2cn(C)nc2C(C)O)c(OC[C@@H](C)C(C)c2ccccn2)n1. The van der Waals surface area contributed by atoms with Gasteiger partial charge in [-0.2, -0.15) is 10.1 Å². The van der Waals surface area contributed by atoms with Crippen molar-refractivity contribution in [3.05, 3.63) is 54.0 Å². The second-order valence-electron chi connectivity index (χ2n) is 7.25. The molecule has 0 aliphatic heterocycles. The van der Waals surface area contributed by atoms with Gasteiger partial charge in [-0.25, -0.2) is 4.98 Å². The van der Waals surface area contributed by atoms with Crippen molar-refractivity contribution in [1.29, 1.82) is 0 Å². The largest absolute Gasteiger partial charge is 0.477 e. The highest BCUT2D eigenvalue weighted by atomic mass is 16.5. The number of pyridine rings is 1. The average molecular weight is 381 g/mol. The van der Waals surface area contributed by atoms with Crippen LogP contribution in [0.2, 0.25) is 0 Å². The number of nitrogens with zero attached hydrogens (tertiary/aromatic N) is 5. The van der Waals surface area contributed by atoms with Crippen molar-refractivity contribution >= 4 is 0 Å². The highest BCUT2D eigenvalue weighted by molar-refractivity contribution is 5.69. The van der Waals surface area contributed by atoms with Gasteiger partial charge in [0.1, 0.15) is 5.82 Å². The van der Waals surface area contributed by atoms with Crippen LogP contribution in [-0.4, -0.2) is 36.4 Å². The molecule has 0 radical (unpaired) electrons. The number of aromatic nitrogens is 5. The first-order chi connectivity index (χ1) is 13.4. The van der Waals surface area contributed by atoms with Gasteiger partial charge in [-0.15, -0.1) is 0 Å². The standard InChI is InChI=1S/C21H27N5O2/c1-13(14(2)19-8-6-7-9-22-19)12-28-21-17(10-23-16(4)24-21)18-11-26(5)25-20(18)15(3)27/h6-11,13-15,27H,12H2,1-5H3/t13-,14?,15?/m1/s1. The molecule has 7 nitrogen and oxygen atoms in total. The second-order valence-corrected chi connectivity index (χ2v) is 7.25. The van der Waals surface area contributed by atoms with Gasteiger partial charge in [0.05, 0.1) is 24.0 Å². The zero-order chi connectivity index (χ0) is 20.3. The summed E-state index contributed by atoms with van der Waals surface area (Å²) < 4.78 is 7.80. The van der Waals surface area contributed by atoms with E-state index in [1.165, 1.54) is 0 Å². The summed E-state index contributed by atoms with van der Waals surface area (Å²) in [6, 6.07) is 5.95. The molecule has 0 amide bonds. The topological polar surface area (TPSA) is 86.0 Å². The summed E-state index contributed by atoms with van der Waals surface area (Å²) in [4.78, 5) is 13.3. The fraction of sp³-hybridized carbons (Fsp3) is 0.429. The molecule has 0 saturated carbocycles. The van der Waals surface area contributed by atoms with E-state index in [0.717, 1.165) is 16.8 Å². The third-order valence-corrected chi connectivity index (χ3v) is 4.91. The average Bonchev–Trinajstić information content (AvgIpc) is 3.08. The fourth-order valence-corrected chi connectivity index (χ4v) is 3.06. The van der Waals surface area contributed by atoms with Crippen LogP contribution < -0.4 is 4.74 Å². The van der Waals surface area contributed by atoms with E-state index in [0.29, 0.717) is 24.0 Å².